The summed E-state index contributed by atoms with van der Waals surface area (Å²) in [4.78, 5) is 35.3. The summed E-state index contributed by atoms with van der Waals surface area (Å²) in [5.41, 5.74) is 0.554. The lowest BCUT2D eigenvalue weighted by molar-refractivity contribution is 0.0980. The van der Waals surface area contributed by atoms with Gasteiger partial charge in [-0.25, -0.2) is 9.37 Å². The number of carbonyl (C=O) groups is 1. The fourth-order valence-electron chi connectivity index (χ4n) is 3.16. The summed E-state index contributed by atoms with van der Waals surface area (Å²) in [5.74, 6) is -0.284. The molecule has 0 aliphatic carbocycles. The number of aromatic amines is 1. The maximum atomic E-state index is 14.3. The number of halogens is 1. The van der Waals surface area contributed by atoms with E-state index in [4.69, 9.17) is 4.74 Å². The minimum Gasteiger partial charge on any atom is -0.495 e. The van der Waals surface area contributed by atoms with Crippen molar-refractivity contribution in [2.45, 2.75) is 13.5 Å². The summed E-state index contributed by atoms with van der Waals surface area (Å²) in [7, 11) is 1.48. The van der Waals surface area contributed by atoms with Crippen molar-refractivity contribution >= 4 is 17.4 Å². The first-order valence-electron chi connectivity index (χ1n) is 9.12. The van der Waals surface area contributed by atoms with Crippen LogP contribution in [-0.4, -0.2) is 32.6 Å². The van der Waals surface area contributed by atoms with Crippen molar-refractivity contribution in [3.8, 4) is 5.75 Å². The highest BCUT2D eigenvalue weighted by molar-refractivity contribution is 6.06. The predicted octanol–water partition coefficient (Wildman–Crippen LogP) is 2.72. The number of amides is 1. The highest BCUT2D eigenvalue weighted by atomic mass is 19.1. The molecule has 2 aromatic heterocycles. The number of nitrogens with one attached hydrogen (secondary N) is 1. The Morgan fingerprint density at radius 3 is 2.67 bits per heavy atom. The Labute approximate surface area is 170 Å². The first-order chi connectivity index (χ1) is 14.5. The van der Waals surface area contributed by atoms with Gasteiger partial charge in [-0.15, -0.1) is 0 Å². The second-order valence-electron chi connectivity index (χ2n) is 6.58. The van der Waals surface area contributed by atoms with Gasteiger partial charge in [0.2, 0.25) is 0 Å². The topological polar surface area (TPSA) is 92.6 Å². The van der Waals surface area contributed by atoms with Crippen molar-refractivity contribution in [1.29, 1.82) is 0 Å². The van der Waals surface area contributed by atoms with Gasteiger partial charge in [-0.2, -0.15) is 9.50 Å². The number of aryl methyl sites for hydroxylation is 1. The molecule has 0 unspecified atom stereocenters. The van der Waals surface area contributed by atoms with Gasteiger partial charge < -0.3 is 4.74 Å². The molecule has 152 valence electrons. The number of hydrogen-bond donors (Lipinski definition) is 1. The normalized spacial score (nSPS) is 10.9. The van der Waals surface area contributed by atoms with Crippen molar-refractivity contribution in [2.24, 2.45) is 0 Å². The van der Waals surface area contributed by atoms with Gasteiger partial charge in [-0.1, -0.05) is 24.3 Å². The second kappa shape index (κ2) is 7.78. The molecule has 8 nitrogen and oxygen atoms in total. The summed E-state index contributed by atoms with van der Waals surface area (Å²) in [6.45, 7) is 1.63. The lowest BCUT2D eigenvalue weighted by Crippen LogP contribution is -2.32. The standard InChI is InChI=1S/C21H18FN5O3/c1-13-11-19(28)27-21(23-13)24-18(25-27)12-26(16-9-5-6-10-17(16)30-2)20(29)14-7-3-4-8-15(14)22/h3-11H,12H2,1-2H3,(H,23,24,25). The van der Waals surface area contributed by atoms with E-state index in [0.717, 1.165) is 0 Å². The van der Waals surface area contributed by atoms with Gasteiger partial charge in [0.05, 0.1) is 24.9 Å². The average molecular weight is 407 g/mol. The second-order valence-corrected chi connectivity index (χ2v) is 6.58. The number of ether oxygens (including phenoxy) is 1. The number of methoxy groups -OCH3 is 1. The molecule has 0 saturated carbocycles. The Morgan fingerprint density at radius 1 is 1.17 bits per heavy atom. The molecular weight excluding hydrogens is 389 g/mol. The lowest BCUT2D eigenvalue weighted by Gasteiger charge is -2.24. The molecule has 2 aromatic carbocycles. The van der Waals surface area contributed by atoms with Crippen LogP contribution >= 0.6 is 0 Å². The Morgan fingerprint density at radius 2 is 1.90 bits per heavy atom. The number of anilines is 1. The van der Waals surface area contributed by atoms with Gasteiger partial charge in [-0.05, 0) is 31.2 Å². The van der Waals surface area contributed by atoms with Crippen LogP contribution in [0.4, 0.5) is 10.1 Å². The number of H-pyrrole nitrogens is 1. The molecule has 30 heavy (non-hydrogen) atoms. The summed E-state index contributed by atoms with van der Waals surface area (Å²) in [5, 5.41) is 2.85. The molecule has 0 aliphatic rings. The van der Waals surface area contributed by atoms with Gasteiger partial charge in [-0.3, -0.25) is 19.6 Å². The Balaban J connectivity index is 1.82. The summed E-state index contributed by atoms with van der Waals surface area (Å²) in [6.07, 6.45) is 0. The van der Waals surface area contributed by atoms with Crippen LogP contribution in [0.1, 0.15) is 21.9 Å². The molecule has 1 amide bonds. The van der Waals surface area contributed by atoms with Crippen LogP contribution in [0.2, 0.25) is 0 Å². The summed E-state index contributed by atoms with van der Waals surface area (Å²) >= 11 is 0. The number of fused-ring (bicyclic) bond motifs is 1. The van der Waals surface area contributed by atoms with Crippen LogP contribution in [-0.2, 0) is 6.54 Å². The van der Waals surface area contributed by atoms with E-state index in [0.29, 0.717) is 23.0 Å². The van der Waals surface area contributed by atoms with Crippen LogP contribution in [0, 0.1) is 12.7 Å². The van der Waals surface area contributed by atoms with Gasteiger partial charge >= 0.3 is 0 Å². The molecule has 0 fully saturated rings. The quantitative estimate of drug-likeness (QED) is 0.549. The molecule has 0 radical (unpaired) electrons. The number of benzene rings is 2. The van der Waals surface area contributed by atoms with E-state index < -0.39 is 11.7 Å². The van der Waals surface area contributed by atoms with Crippen LogP contribution in [0.5, 0.6) is 5.75 Å². The number of hydrogen-bond acceptors (Lipinski definition) is 5. The first-order valence-corrected chi connectivity index (χ1v) is 9.12. The monoisotopic (exact) mass is 407 g/mol. The summed E-state index contributed by atoms with van der Waals surface area (Å²) < 4.78 is 20.9. The average Bonchev–Trinajstić information content (AvgIpc) is 3.15. The highest BCUT2D eigenvalue weighted by Gasteiger charge is 2.25. The van der Waals surface area contributed by atoms with Gasteiger partial charge in [0.25, 0.3) is 17.2 Å². The van der Waals surface area contributed by atoms with Crippen LogP contribution in [0.15, 0.2) is 59.4 Å². The van der Waals surface area contributed by atoms with E-state index in [1.54, 1.807) is 37.3 Å². The van der Waals surface area contributed by atoms with Gasteiger partial charge in [0.15, 0.2) is 0 Å². The summed E-state index contributed by atoms with van der Waals surface area (Å²) in [6, 6.07) is 14.0. The van der Waals surface area contributed by atoms with Crippen molar-refractivity contribution in [3.63, 3.8) is 0 Å². The minimum atomic E-state index is -0.638. The van der Waals surface area contributed by atoms with Gasteiger partial charge in [0.1, 0.15) is 17.4 Å². The zero-order chi connectivity index (χ0) is 21.3. The third-order valence-corrected chi connectivity index (χ3v) is 4.54. The van der Waals surface area contributed by atoms with Gasteiger partial charge in [0, 0.05) is 11.8 Å². The fraction of sp³-hybridized carbons (Fsp3) is 0.143. The van der Waals surface area contributed by atoms with E-state index in [2.05, 4.69) is 15.1 Å². The molecule has 4 rings (SSSR count). The Bertz CT molecular complexity index is 1300. The Kier molecular flexibility index (Phi) is 5.01. The van der Waals surface area contributed by atoms with E-state index in [1.165, 1.54) is 40.8 Å². The van der Waals surface area contributed by atoms with E-state index in [-0.39, 0.29) is 23.4 Å². The molecule has 0 aliphatic heterocycles. The van der Waals surface area contributed by atoms with Crippen molar-refractivity contribution in [1.82, 2.24) is 19.6 Å². The lowest BCUT2D eigenvalue weighted by atomic mass is 10.1. The molecule has 0 spiro atoms. The number of aromatic nitrogens is 4. The van der Waals surface area contributed by atoms with E-state index in [1.807, 2.05) is 0 Å². The van der Waals surface area contributed by atoms with E-state index in [9.17, 15) is 14.0 Å². The minimum absolute atomic E-state index is 0.0601. The molecule has 1 N–H and O–H groups in total. The SMILES string of the molecule is COc1ccccc1N(Cc1nc2nc(C)cc(=O)n2[nH]1)C(=O)c1ccccc1F. The Hall–Kier alpha value is -4.01. The van der Waals surface area contributed by atoms with Crippen LogP contribution in [0.25, 0.3) is 5.78 Å². The van der Waals surface area contributed by atoms with Crippen molar-refractivity contribution in [3.05, 3.63) is 87.9 Å². The zero-order valence-electron chi connectivity index (χ0n) is 16.3. The fourth-order valence-corrected chi connectivity index (χ4v) is 3.16. The molecule has 0 bridgehead atoms. The third kappa shape index (κ3) is 3.52. The molecule has 4 aromatic rings. The zero-order valence-corrected chi connectivity index (χ0v) is 16.3. The number of carbonyl (C=O) groups excluding carboxylic acids is 1. The number of para-hydroxylation sites is 2. The predicted molar refractivity (Wildman–Crippen MR) is 108 cm³/mol. The van der Waals surface area contributed by atoms with Crippen molar-refractivity contribution in [2.75, 3.05) is 12.0 Å². The van der Waals surface area contributed by atoms with Crippen LogP contribution < -0.4 is 15.2 Å². The highest BCUT2D eigenvalue weighted by Crippen LogP contribution is 2.30. The molecular formula is C21H18FN5O3. The maximum absolute atomic E-state index is 14.3. The molecule has 0 atom stereocenters. The third-order valence-electron chi connectivity index (χ3n) is 4.54. The molecule has 2 heterocycles. The first kappa shape index (κ1) is 19.3. The number of rotatable bonds is 5. The molecule has 9 heteroatoms. The van der Waals surface area contributed by atoms with Crippen molar-refractivity contribution < 1.29 is 13.9 Å². The molecule has 0 saturated heterocycles. The smallest absolute Gasteiger partial charge is 0.274 e. The number of nitrogens with zero attached hydrogens (tertiary/aromatic N) is 4. The van der Waals surface area contributed by atoms with Crippen LogP contribution in [0.3, 0.4) is 0 Å². The maximum Gasteiger partial charge on any atom is 0.274 e. The largest absolute Gasteiger partial charge is 0.495 e. The van der Waals surface area contributed by atoms with E-state index >= 15 is 0 Å².